The van der Waals surface area contributed by atoms with Gasteiger partial charge in [-0.15, -0.1) is 0 Å². The summed E-state index contributed by atoms with van der Waals surface area (Å²) < 4.78 is 6.48. The van der Waals surface area contributed by atoms with E-state index in [2.05, 4.69) is 21.4 Å². The van der Waals surface area contributed by atoms with Crippen molar-refractivity contribution in [3.05, 3.63) is 128 Å². The van der Waals surface area contributed by atoms with Gasteiger partial charge in [0, 0.05) is 17.2 Å². The summed E-state index contributed by atoms with van der Waals surface area (Å²) in [5.41, 5.74) is 4.27. The zero-order valence-electron chi connectivity index (χ0n) is 17.2. The molecule has 32 heavy (non-hydrogen) atoms. The highest BCUT2D eigenvalue weighted by Crippen LogP contribution is 2.39. The number of aromatic nitrogens is 2. The van der Waals surface area contributed by atoms with Crippen molar-refractivity contribution in [3.63, 3.8) is 0 Å². The van der Waals surface area contributed by atoms with Crippen molar-refractivity contribution in [2.45, 2.75) is 12.5 Å². The standard InChI is InChI=1S/C26H21N3O2S/c30-25-23-20(19-13-7-8-14-22(19)31-16-17-9-3-1-4-10-17)15-21(18-11-5-2-6-12-18)27-24(23)28-26(32)29-25/h1-15,20H,16H2,(H3,27,28,29,30,32). The predicted molar refractivity (Wildman–Crippen MR) is 129 cm³/mol. The van der Waals surface area contributed by atoms with Crippen molar-refractivity contribution in [2.75, 3.05) is 5.32 Å². The summed E-state index contributed by atoms with van der Waals surface area (Å²) in [5, 5.41) is 3.35. The molecule has 2 heterocycles. The number of hydrogen-bond donors (Lipinski definition) is 3. The van der Waals surface area contributed by atoms with Crippen LogP contribution in [0.4, 0.5) is 5.82 Å². The number of fused-ring (bicyclic) bond motifs is 1. The molecule has 1 aliphatic rings. The third-order valence-corrected chi connectivity index (χ3v) is 5.66. The van der Waals surface area contributed by atoms with Crippen LogP contribution in [0.25, 0.3) is 5.70 Å². The smallest absolute Gasteiger partial charge is 0.257 e. The van der Waals surface area contributed by atoms with Crippen LogP contribution in [0.1, 0.15) is 28.2 Å². The van der Waals surface area contributed by atoms with Crippen LogP contribution in [-0.4, -0.2) is 9.97 Å². The molecule has 1 aromatic heterocycles. The summed E-state index contributed by atoms with van der Waals surface area (Å²) in [6, 6.07) is 27.9. The number of aromatic amines is 2. The van der Waals surface area contributed by atoms with E-state index in [4.69, 9.17) is 17.0 Å². The van der Waals surface area contributed by atoms with Crippen molar-refractivity contribution in [1.29, 1.82) is 0 Å². The molecule has 4 aromatic rings. The molecular weight excluding hydrogens is 418 g/mol. The van der Waals surface area contributed by atoms with Crippen LogP contribution in [0, 0.1) is 4.77 Å². The molecule has 0 fully saturated rings. The quantitative estimate of drug-likeness (QED) is 0.354. The number of allylic oxidation sites excluding steroid dienone is 1. The third kappa shape index (κ3) is 4.00. The van der Waals surface area contributed by atoms with Gasteiger partial charge in [-0.25, -0.2) is 0 Å². The maximum Gasteiger partial charge on any atom is 0.257 e. The van der Waals surface area contributed by atoms with Gasteiger partial charge in [0.05, 0.1) is 5.56 Å². The summed E-state index contributed by atoms with van der Waals surface area (Å²) in [5.74, 6) is 1.02. The van der Waals surface area contributed by atoms with Gasteiger partial charge < -0.3 is 15.0 Å². The van der Waals surface area contributed by atoms with E-state index in [0.717, 1.165) is 28.1 Å². The highest BCUT2D eigenvalue weighted by atomic mass is 32.1. The van der Waals surface area contributed by atoms with Crippen LogP contribution < -0.4 is 15.6 Å². The lowest BCUT2D eigenvalue weighted by Gasteiger charge is -2.26. The van der Waals surface area contributed by atoms with Gasteiger partial charge in [0.2, 0.25) is 0 Å². The molecular formula is C26H21N3O2S. The Hall–Kier alpha value is -3.90. The fourth-order valence-electron chi connectivity index (χ4n) is 3.95. The van der Waals surface area contributed by atoms with E-state index < -0.39 is 0 Å². The normalized spacial score (nSPS) is 14.8. The topological polar surface area (TPSA) is 69.9 Å². The second-order valence-electron chi connectivity index (χ2n) is 7.56. The third-order valence-electron chi connectivity index (χ3n) is 5.46. The summed E-state index contributed by atoms with van der Waals surface area (Å²) in [6.07, 6.45) is 2.06. The molecule has 3 N–H and O–H groups in total. The number of para-hydroxylation sites is 1. The molecule has 1 unspecified atom stereocenters. The van der Waals surface area contributed by atoms with Crippen molar-refractivity contribution >= 4 is 23.7 Å². The fourth-order valence-corrected chi connectivity index (χ4v) is 4.15. The van der Waals surface area contributed by atoms with Gasteiger partial charge in [-0.3, -0.25) is 9.78 Å². The van der Waals surface area contributed by atoms with E-state index in [1.54, 1.807) is 0 Å². The summed E-state index contributed by atoms with van der Waals surface area (Å²) >= 11 is 5.22. The molecule has 0 saturated heterocycles. The minimum absolute atomic E-state index is 0.220. The van der Waals surface area contributed by atoms with Crippen LogP contribution in [0.15, 0.2) is 95.8 Å². The molecule has 0 radical (unpaired) electrons. The van der Waals surface area contributed by atoms with E-state index in [1.807, 2.05) is 84.9 Å². The van der Waals surface area contributed by atoms with Crippen LogP contribution in [0.2, 0.25) is 0 Å². The average molecular weight is 440 g/mol. The SMILES string of the molecule is O=c1[nH]c(=S)[nH]c2c1C(c1ccccc1OCc1ccccc1)C=C(c1ccccc1)N2. The van der Waals surface area contributed by atoms with Crippen LogP contribution in [0.5, 0.6) is 5.75 Å². The van der Waals surface area contributed by atoms with Crippen molar-refractivity contribution < 1.29 is 4.74 Å². The summed E-state index contributed by atoms with van der Waals surface area (Å²) in [4.78, 5) is 18.8. The molecule has 1 aliphatic heterocycles. The van der Waals surface area contributed by atoms with Crippen molar-refractivity contribution in [2.24, 2.45) is 0 Å². The lowest BCUT2D eigenvalue weighted by molar-refractivity contribution is 0.302. The second kappa shape index (κ2) is 8.69. The van der Waals surface area contributed by atoms with E-state index in [9.17, 15) is 4.79 Å². The number of anilines is 1. The van der Waals surface area contributed by atoms with Gasteiger partial charge in [-0.05, 0) is 35.5 Å². The lowest BCUT2D eigenvalue weighted by Crippen LogP contribution is -2.25. The Morgan fingerprint density at radius 3 is 2.31 bits per heavy atom. The van der Waals surface area contributed by atoms with Gasteiger partial charge in [0.25, 0.3) is 5.56 Å². The maximum atomic E-state index is 12.9. The molecule has 3 aromatic carbocycles. The molecule has 0 saturated carbocycles. The van der Waals surface area contributed by atoms with Crippen LogP contribution in [0.3, 0.4) is 0 Å². The number of ether oxygens (including phenoxy) is 1. The Bertz CT molecular complexity index is 1390. The Balaban J connectivity index is 1.61. The highest BCUT2D eigenvalue weighted by Gasteiger charge is 2.28. The fraction of sp³-hybridized carbons (Fsp3) is 0.0769. The van der Waals surface area contributed by atoms with E-state index in [0.29, 0.717) is 18.0 Å². The average Bonchev–Trinajstić information content (AvgIpc) is 2.83. The van der Waals surface area contributed by atoms with Gasteiger partial charge in [-0.2, -0.15) is 0 Å². The largest absolute Gasteiger partial charge is 0.489 e. The number of nitrogens with one attached hydrogen (secondary N) is 3. The summed E-state index contributed by atoms with van der Waals surface area (Å²) in [7, 11) is 0. The molecule has 5 nitrogen and oxygen atoms in total. The Morgan fingerprint density at radius 2 is 1.53 bits per heavy atom. The van der Waals surface area contributed by atoms with Crippen molar-refractivity contribution in [1.82, 2.24) is 9.97 Å². The molecule has 158 valence electrons. The van der Waals surface area contributed by atoms with Crippen LogP contribution in [-0.2, 0) is 6.61 Å². The first-order valence-corrected chi connectivity index (χ1v) is 10.8. The Labute approximate surface area is 190 Å². The number of H-pyrrole nitrogens is 2. The number of benzene rings is 3. The van der Waals surface area contributed by atoms with E-state index in [1.165, 1.54) is 0 Å². The molecule has 0 bridgehead atoms. The van der Waals surface area contributed by atoms with Crippen molar-refractivity contribution in [3.8, 4) is 5.75 Å². The van der Waals surface area contributed by atoms with Gasteiger partial charge in [0.1, 0.15) is 18.2 Å². The van der Waals surface area contributed by atoms with Gasteiger partial charge in [0.15, 0.2) is 4.77 Å². The maximum absolute atomic E-state index is 12.9. The molecule has 0 aliphatic carbocycles. The first-order valence-electron chi connectivity index (χ1n) is 10.4. The number of rotatable bonds is 5. The molecule has 1 atom stereocenters. The molecule has 6 heteroatoms. The molecule has 0 spiro atoms. The zero-order chi connectivity index (χ0) is 21.9. The molecule has 5 rings (SSSR count). The molecule has 0 amide bonds. The monoisotopic (exact) mass is 439 g/mol. The number of hydrogen-bond acceptors (Lipinski definition) is 4. The zero-order valence-corrected chi connectivity index (χ0v) is 18.0. The first-order chi connectivity index (χ1) is 15.7. The van der Waals surface area contributed by atoms with E-state index >= 15 is 0 Å². The highest BCUT2D eigenvalue weighted by molar-refractivity contribution is 7.71. The van der Waals surface area contributed by atoms with E-state index in [-0.39, 0.29) is 16.2 Å². The first kappa shape index (κ1) is 20.0. The van der Waals surface area contributed by atoms with Gasteiger partial charge in [-0.1, -0.05) is 78.9 Å². The Morgan fingerprint density at radius 1 is 0.844 bits per heavy atom. The van der Waals surface area contributed by atoms with Gasteiger partial charge >= 0.3 is 0 Å². The minimum Gasteiger partial charge on any atom is -0.489 e. The summed E-state index contributed by atoms with van der Waals surface area (Å²) in [6.45, 7) is 0.443. The van der Waals surface area contributed by atoms with Crippen LogP contribution >= 0.6 is 12.2 Å². The lowest BCUT2D eigenvalue weighted by atomic mass is 9.87. The second-order valence-corrected chi connectivity index (χ2v) is 7.97. The Kier molecular flexibility index (Phi) is 5.44. The predicted octanol–water partition coefficient (Wildman–Crippen LogP) is 5.61. The minimum atomic E-state index is -0.316.